The first-order valence-electron chi connectivity index (χ1n) is 5.46. The summed E-state index contributed by atoms with van der Waals surface area (Å²) >= 11 is 5.76. The van der Waals surface area contributed by atoms with Gasteiger partial charge in [0.25, 0.3) is 5.91 Å². The molecule has 0 heterocycles. The molecule has 1 aromatic carbocycles. The molecule has 0 saturated heterocycles. The Balaban J connectivity index is 2.73. The molecule has 88 valence electrons. The monoisotopic (exact) mass is 239 g/mol. The summed E-state index contributed by atoms with van der Waals surface area (Å²) in [6.45, 7) is 5.89. The molecule has 0 unspecified atom stereocenters. The van der Waals surface area contributed by atoms with Gasteiger partial charge >= 0.3 is 0 Å². The number of hydrogen-bond donors (Lipinski definition) is 1. The Morgan fingerprint density at radius 3 is 2.31 bits per heavy atom. The van der Waals surface area contributed by atoms with Crippen molar-refractivity contribution in [2.45, 2.75) is 32.7 Å². The van der Waals surface area contributed by atoms with Gasteiger partial charge in [0.2, 0.25) is 0 Å². The Bertz CT molecular complexity index is 357. The highest BCUT2D eigenvalue weighted by atomic mass is 35.5. The Morgan fingerprint density at radius 1 is 1.31 bits per heavy atom. The second-order valence-electron chi connectivity index (χ2n) is 4.52. The molecular formula is C13H18ClNO. The highest BCUT2D eigenvalue weighted by Gasteiger charge is 2.19. The maximum Gasteiger partial charge on any atom is 0.251 e. The normalized spacial score (nSPS) is 11.2. The van der Waals surface area contributed by atoms with Crippen molar-refractivity contribution in [2.24, 2.45) is 0 Å². The Labute approximate surface area is 102 Å². The van der Waals surface area contributed by atoms with Gasteiger partial charge in [-0.3, -0.25) is 4.79 Å². The van der Waals surface area contributed by atoms with Crippen molar-refractivity contribution in [2.75, 3.05) is 5.88 Å². The molecule has 0 bridgehead atoms. The summed E-state index contributed by atoms with van der Waals surface area (Å²) in [5, 5.41) is 2.89. The van der Waals surface area contributed by atoms with Gasteiger partial charge in [-0.2, -0.15) is 0 Å². The zero-order valence-corrected chi connectivity index (χ0v) is 10.8. The topological polar surface area (TPSA) is 29.1 Å². The van der Waals surface area contributed by atoms with Gasteiger partial charge < -0.3 is 5.32 Å². The summed E-state index contributed by atoms with van der Waals surface area (Å²) in [4.78, 5) is 11.8. The van der Waals surface area contributed by atoms with E-state index in [-0.39, 0.29) is 11.4 Å². The first kappa shape index (κ1) is 13.0. The van der Waals surface area contributed by atoms with E-state index < -0.39 is 0 Å². The average Bonchev–Trinajstić information content (AvgIpc) is 2.28. The quantitative estimate of drug-likeness (QED) is 0.805. The van der Waals surface area contributed by atoms with E-state index in [9.17, 15) is 4.79 Å². The van der Waals surface area contributed by atoms with E-state index in [0.29, 0.717) is 11.4 Å². The van der Waals surface area contributed by atoms with E-state index in [4.69, 9.17) is 11.6 Å². The molecule has 0 aliphatic rings. The van der Waals surface area contributed by atoms with Crippen molar-refractivity contribution in [1.29, 1.82) is 0 Å². The summed E-state index contributed by atoms with van der Waals surface area (Å²) < 4.78 is 0. The highest BCUT2D eigenvalue weighted by molar-refractivity contribution is 6.18. The van der Waals surface area contributed by atoms with E-state index in [1.54, 1.807) is 0 Å². The minimum absolute atomic E-state index is 0.0756. The first-order chi connectivity index (χ1) is 7.48. The lowest BCUT2D eigenvalue weighted by atomic mass is 10.1. The van der Waals surface area contributed by atoms with E-state index in [0.717, 1.165) is 6.42 Å². The van der Waals surface area contributed by atoms with E-state index in [2.05, 4.69) is 12.2 Å². The molecule has 0 atom stereocenters. The standard InChI is InChI=1S/C13H18ClNO/c1-4-10-5-7-11(8-6-10)12(16)15-13(2,3)9-14/h5-8H,4,9H2,1-3H3,(H,15,16). The molecule has 0 saturated carbocycles. The van der Waals surface area contributed by atoms with Gasteiger partial charge in [-0.15, -0.1) is 11.6 Å². The van der Waals surface area contributed by atoms with Gasteiger partial charge in [0, 0.05) is 17.0 Å². The third-order valence-corrected chi connectivity index (χ3v) is 3.08. The van der Waals surface area contributed by atoms with Crippen molar-refractivity contribution in [3.8, 4) is 0 Å². The summed E-state index contributed by atoms with van der Waals surface area (Å²) in [5.74, 6) is 0.319. The smallest absolute Gasteiger partial charge is 0.251 e. The molecule has 0 aliphatic carbocycles. The Hall–Kier alpha value is -1.02. The number of alkyl halides is 1. The van der Waals surface area contributed by atoms with Gasteiger partial charge in [0.05, 0.1) is 0 Å². The second-order valence-corrected chi connectivity index (χ2v) is 4.79. The Kier molecular flexibility index (Phi) is 4.36. The van der Waals surface area contributed by atoms with Crippen LogP contribution in [-0.2, 0) is 6.42 Å². The van der Waals surface area contributed by atoms with Crippen LogP contribution in [0.15, 0.2) is 24.3 Å². The Morgan fingerprint density at radius 2 is 1.88 bits per heavy atom. The second kappa shape index (κ2) is 5.35. The van der Waals surface area contributed by atoms with Crippen LogP contribution in [0.5, 0.6) is 0 Å². The number of carbonyl (C=O) groups excluding carboxylic acids is 1. The fraction of sp³-hybridized carbons (Fsp3) is 0.462. The number of aryl methyl sites for hydroxylation is 1. The molecule has 3 heteroatoms. The number of rotatable bonds is 4. The van der Waals surface area contributed by atoms with Crippen LogP contribution >= 0.6 is 11.6 Å². The third-order valence-electron chi connectivity index (χ3n) is 2.41. The maximum absolute atomic E-state index is 11.8. The molecule has 1 rings (SSSR count). The maximum atomic E-state index is 11.8. The van der Waals surface area contributed by atoms with Crippen molar-refractivity contribution in [3.05, 3.63) is 35.4 Å². The largest absolute Gasteiger partial charge is 0.346 e. The van der Waals surface area contributed by atoms with Crippen LogP contribution in [-0.4, -0.2) is 17.3 Å². The molecule has 0 radical (unpaired) electrons. The fourth-order valence-corrected chi connectivity index (χ4v) is 1.37. The summed E-state index contributed by atoms with van der Waals surface area (Å²) in [6.07, 6.45) is 0.981. The number of benzene rings is 1. The van der Waals surface area contributed by atoms with Crippen LogP contribution in [0.2, 0.25) is 0 Å². The van der Waals surface area contributed by atoms with E-state index in [1.165, 1.54) is 5.56 Å². The number of amides is 1. The molecule has 0 aromatic heterocycles. The minimum Gasteiger partial charge on any atom is -0.346 e. The summed E-state index contributed by atoms with van der Waals surface area (Å²) in [5.41, 5.74) is 1.53. The summed E-state index contributed by atoms with van der Waals surface area (Å²) in [7, 11) is 0. The molecule has 1 amide bonds. The third kappa shape index (κ3) is 3.53. The molecular weight excluding hydrogens is 222 g/mol. The molecule has 0 aliphatic heterocycles. The van der Waals surface area contributed by atoms with Crippen molar-refractivity contribution >= 4 is 17.5 Å². The van der Waals surface area contributed by atoms with Gasteiger partial charge in [-0.1, -0.05) is 19.1 Å². The average molecular weight is 240 g/mol. The van der Waals surface area contributed by atoms with Crippen molar-refractivity contribution in [1.82, 2.24) is 5.32 Å². The lowest BCUT2D eigenvalue weighted by molar-refractivity contribution is 0.0920. The predicted octanol–water partition coefficient (Wildman–Crippen LogP) is 3.00. The number of nitrogens with one attached hydrogen (secondary N) is 1. The number of hydrogen-bond acceptors (Lipinski definition) is 1. The zero-order chi connectivity index (χ0) is 12.2. The van der Waals surface area contributed by atoms with Crippen LogP contribution in [0.1, 0.15) is 36.7 Å². The molecule has 2 nitrogen and oxygen atoms in total. The van der Waals surface area contributed by atoms with Crippen molar-refractivity contribution in [3.63, 3.8) is 0 Å². The molecule has 1 aromatic rings. The molecule has 0 spiro atoms. The van der Waals surface area contributed by atoms with Gasteiger partial charge in [-0.05, 0) is 38.0 Å². The fourth-order valence-electron chi connectivity index (χ4n) is 1.30. The van der Waals surface area contributed by atoms with E-state index in [1.807, 2.05) is 38.1 Å². The first-order valence-corrected chi connectivity index (χ1v) is 5.99. The van der Waals surface area contributed by atoms with Gasteiger partial charge in [-0.25, -0.2) is 0 Å². The zero-order valence-electron chi connectivity index (χ0n) is 10.0. The van der Waals surface area contributed by atoms with Crippen LogP contribution < -0.4 is 5.32 Å². The lowest BCUT2D eigenvalue weighted by Crippen LogP contribution is -2.44. The van der Waals surface area contributed by atoms with Gasteiger partial charge in [0.1, 0.15) is 0 Å². The SMILES string of the molecule is CCc1ccc(C(=O)NC(C)(C)CCl)cc1. The van der Waals surface area contributed by atoms with Gasteiger partial charge in [0.15, 0.2) is 0 Å². The number of carbonyl (C=O) groups is 1. The molecule has 0 fully saturated rings. The minimum atomic E-state index is -0.373. The summed E-state index contributed by atoms with van der Waals surface area (Å²) in [6, 6.07) is 7.64. The molecule has 16 heavy (non-hydrogen) atoms. The lowest BCUT2D eigenvalue weighted by Gasteiger charge is -2.23. The van der Waals surface area contributed by atoms with Crippen LogP contribution in [0.3, 0.4) is 0 Å². The predicted molar refractivity (Wildman–Crippen MR) is 68.1 cm³/mol. The van der Waals surface area contributed by atoms with E-state index >= 15 is 0 Å². The van der Waals surface area contributed by atoms with Crippen LogP contribution in [0.4, 0.5) is 0 Å². The van der Waals surface area contributed by atoms with Crippen LogP contribution in [0, 0.1) is 0 Å². The highest BCUT2D eigenvalue weighted by Crippen LogP contribution is 2.09. The number of halogens is 1. The van der Waals surface area contributed by atoms with Crippen LogP contribution in [0.25, 0.3) is 0 Å². The molecule has 1 N–H and O–H groups in total. The van der Waals surface area contributed by atoms with Crippen molar-refractivity contribution < 1.29 is 4.79 Å².